The average Bonchev–Trinajstić information content (AvgIpc) is 2.27. The van der Waals surface area contributed by atoms with Gasteiger partial charge in [0, 0.05) is 42.3 Å². The van der Waals surface area contributed by atoms with Crippen LogP contribution in [-0.2, 0) is 6.54 Å². The van der Waals surface area contributed by atoms with Crippen molar-refractivity contribution in [2.24, 2.45) is 0 Å². The van der Waals surface area contributed by atoms with Gasteiger partial charge < -0.3 is 4.90 Å². The van der Waals surface area contributed by atoms with Crippen LogP contribution in [0.3, 0.4) is 0 Å². The lowest BCUT2D eigenvalue weighted by molar-refractivity contribution is 0.0991. The van der Waals surface area contributed by atoms with E-state index in [4.69, 9.17) is 0 Å². The molecular weight excluding hydrogens is 283 g/mol. The summed E-state index contributed by atoms with van der Waals surface area (Å²) in [5.74, 6) is -0.119. The fourth-order valence-corrected chi connectivity index (χ4v) is 2.49. The number of likely N-dealkylation sites (N-methyl/N-ethyl adjacent to an activating group) is 1. The first kappa shape index (κ1) is 13.0. The molecule has 4 heteroatoms. The molecule has 2 nitrogen and oxygen atoms in total. The van der Waals surface area contributed by atoms with Gasteiger partial charge in [-0.3, -0.25) is 4.90 Å². The van der Waals surface area contributed by atoms with E-state index in [1.165, 1.54) is 6.07 Å². The zero-order valence-corrected chi connectivity index (χ0v) is 11.9. The van der Waals surface area contributed by atoms with E-state index in [9.17, 15) is 4.39 Å². The summed E-state index contributed by atoms with van der Waals surface area (Å²) in [5.41, 5.74) is 0.782. The second-order valence-corrected chi connectivity index (χ2v) is 5.72. The van der Waals surface area contributed by atoms with E-state index in [1.807, 2.05) is 12.1 Å². The Bertz CT molecular complexity index is 397. The predicted molar refractivity (Wildman–Crippen MR) is 71.5 cm³/mol. The van der Waals surface area contributed by atoms with Gasteiger partial charge in [0.25, 0.3) is 0 Å². The molecule has 1 atom stereocenters. The molecule has 1 saturated heterocycles. The number of rotatable bonds is 2. The molecule has 1 unspecified atom stereocenters. The Hall–Kier alpha value is -0.450. The van der Waals surface area contributed by atoms with Crippen LogP contribution in [0.4, 0.5) is 4.39 Å². The highest BCUT2D eigenvalue weighted by molar-refractivity contribution is 9.10. The highest BCUT2D eigenvalue weighted by Crippen LogP contribution is 2.18. The maximum absolute atomic E-state index is 13.7. The lowest BCUT2D eigenvalue weighted by Crippen LogP contribution is -2.49. The van der Waals surface area contributed by atoms with Crippen molar-refractivity contribution in [2.45, 2.75) is 19.5 Å². The normalized spacial score (nSPS) is 22.9. The van der Waals surface area contributed by atoms with Gasteiger partial charge in [0.15, 0.2) is 0 Å². The monoisotopic (exact) mass is 300 g/mol. The molecule has 1 aliphatic heterocycles. The van der Waals surface area contributed by atoms with Crippen molar-refractivity contribution in [1.29, 1.82) is 0 Å². The van der Waals surface area contributed by atoms with Crippen LogP contribution < -0.4 is 0 Å². The van der Waals surface area contributed by atoms with Crippen LogP contribution in [0.5, 0.6) is 0 Å². The minimum atomic E-state index is -0.119. The summed E-state index contributed by atoms with van der Waals surface area (Å²) < 4.78 is 14.5. The Morgan fingerprint density at radius 1 is 1.41 bits per heavy atom. The standard InChI is InChI=1S/C13H18BrFN2/c1-10-8-17(6-5-16(10)2)9-11-3-4-12(14)7-13(11)15/h3-4,7,10H,5-6,8-9H2,1-2H3. The molecule has 0 spiro atoms. The largest absolute Gasteiger partial charge is 0.301 e. The summed E-state index contributed by atoms with van der Waals surface area (Å²) >= 11 is 3.28. The third kappa shape index (κ3) is 3.27. The fourth-order valence-electron chi connectivity index (χ4n) is 2.16. The first-order valence-corrected chi connectivity index (χ1v) is 6.72. The minimum Gasteiger partial charge on any atom is -0.301 e. The lowest BCUT2D eigenvalue weighted by atomic mass is 10.1. The maximum atomic E-state index is 13.7. The first-order chi connectivity index (χ1) is 8.06. The van der Waals surface area contributed by atoms with Crippen LogP contribution in [0.1, 0.15) is 12.5 Å². The third-order valence-electron chi connectivity index (χ3n) is 3.45. The van der Waals surface area contributed by atoms with Crippen LogP contribution in [0, 0.1) is 5.82 Å². The summed E-state index contributed by atoms with van der Waals surface area (Å²) in [6.07, 6.45) is 0. The molecule has 0 aromatic heterocycles. The molecule has 1 aliphatic rings. The lowest BCUT2D eigenvalue weighted by Gasteiger charge is -2.37. The molecule has 0 amide bonds. The Morgan fingerprint density at radius 3 is 2.82 bits per heavy atom. The highest BCUT2D eigenvalue weighted by atomic mass is 79.9. The Labute approximate surface area is 111 Å². The number of piperazine rings is 1. The predicted octanol–water partition coefficient (Wildman–Crippen LogP) is 2.72. The molecule has 0 aliphatic carbocycles. The molecule has 1 fully saturated rings. The zero-order valence-electron chi connectivity index (χ0n) is 10.3. The Kier molecular flexibility index (Phi) is 4.17. The molecular formula is C13H18BrFN2. The molecule has 1 heterocycles. The van der Waals surface area contributed by atoms with E-state index < -0.39 is 0 Å². The molecule has 0 bridgehead atoms. The van der Waals surface area contributed by atoms with Crippen molar-refractivity contribution in [3.63, 3.8) is 0 Å². The second-order valence-electron chi connectivity index (χ2n) is 4.80. The molecule has 1 aromatic carbocycles. The van der Waals surface area contributed by atoms with Crippen LogP contribution in [0.25, 0.3) is 0 Å². The van der Waals surface area contributed by atoms with Crippen LogP contribution in [0.2, 0.25) is 0 Å². The number of halogens is 2. The van der Waals surface area contributed by atoms with Crippen LogP contribution in [0.15, 0.2) is 22.7 Å². The quantitative estimate of drug-likeness (QED) is 0.829. The van der Waals surface area contributed by atoms with Crippen molar-refractivity contribution in [1.82, 2.24) is 9.80 Å². The summed E-state index contributed by atoms with van der Waals surface area (Å²) in [5, 5.41) is 0. The maximum Gasteiger partial charge on any atom is 0.128 e. The van der Waals surface area contributed by atoms with E-state index in [0.29, 0.717) is 12.6 Å². The molecule has 1 aromatic rings. The fraction of sp³-hybridized carbons (Fsp3) is 0.538. The summed E-state index contributed by atoms with van der Waals surface area (Å²) in [4.78, 5) is 4.66. The number of hydrogen-bond donors (Lipinski definition) is 0. The SMILES string of the molecule is CC1CN(Cc2ccc(Br)cc2F)CCN1C. The van der Waals surface area contributed by atoms with Gasteiger partial charge >= 0.3 is 0 Å². The Balaban J connectivity index is 2.01. The van der Waals surface area contributed by atoms with Crippen molar-refractivity contribution < 1.29 is 4.39 Å². The topological polar surface area (TPSA) is 6.48 Å². The smallest absolute Gasteiger partial charge is 0.128 e. The minimum absolute atomic E-state index is 0.119. The number of hydrogen-bond acceptors (Lipinski definition) is 2. The van der Waals surface area contributed by atoms with Crippen molar-refractivity contribution >= 4 is 15.9 Å². The molecule has 94 valence electrons. The van der Waals surface area contributed by atoms with Crippen molar-refractivity contribution in [3.05, 3.63) is 34.1 Å². The summed E-state index contributed by atoms with van der Waals surface area (Å²) in [7, 11) is 2.14. The molecule has 17 heavy (non-hydrogen) atoms. The van der Waals surface area contributed by atoms with Gasteiger partial charge in [-0.15, -0.1) is 0 Å². The van der Waals surface area contributed by atoms with Gasteiger partial charge in [0.2, 0.25) is 0 Å². The Morgan fingerprint density at radius 2 is 2.18 bits per heavy atom. The van der Waals surface area contributed by atoms with Gasteiger partial charge in [-0.2, -0.15) is 0 Å². The first-order valence-electron chi connectivity index (χ1n) is 5.93. The molecule has 0 N–H and O–H groups in total. The van der Waals surface area contributed by atoms with Crippen molar-refractivity contribution in [2.75, 3.05) is 26.7 Å². The van der Waals surface area contributed by atoms with Gasteiger partial charge in [-0.05, 0) is 26.1 Å². The van der Waals surface area contributed by atoms with E-state index in [1.54, 1.807) is 0 Å². The number of nitrogens with zero attached hydrogens (tertiary/aromatic N) is 2. The van der Waals surface area contributed by atoms with Crippen molar-refractivity contribution in [3.8, 4) is 0 Å². The summed E-state index contributed by atoms with van der Waals surface area (Å²) in [6.45, 7) is 5.99. The van der Waals surface area contributed by atoms with Crippen LogP contribution >= 0.6 is 15.9 Å². The van der Waals surface area contributed by atoms with Crippen LogP contribution in [-0.4, -0.2) is 42.5 Å². The van der Waals surface area contributed by atoms with Gasteiger partial charge in [-0.1, -0.05) is 22.0 Å². The second kappa shape index (κ2) is 5.46. The molecule has 2 rings (SSSR count). The van der Waals surface area contributed by atoms with E-state index in [-0.39, 0.29) is 5.82 Å². The van der Waals surface area contributed by atoms with Gasteiger partial charge in [-0.25, -0.2) is 4.39 Å². The van der Waals surface area contributed by atoms with Gasteiger partial charge in [0.1, 0.15) is 5.82 Å². The molecule has 0 radical (unpaired) electrons. The molecule has 0 saturated carbocycles. The van der Waals surface area contributed by atoms with E-state index >= 15 is 0 Å². The van der Waals surface area contributed by atoms with Gasteiger partial charge in [0.05, 0.1) is 0 Å². The highest BCUT2D eigenvalue weighted by Gasteiger charge is 2.21. The average molecular weight is 301 g/mol. The van der Waals surface area contributed by atoms with E-state index in [0.717, 1.165) is 29.7 Å². The zero-order chi connectivity index (χ0) is 12.4. The summed E-state index contributed by atoms with van der Waals surface area (Å²) in [6, 6.07) is 5.84. The number of benzene rings is 1. The van der Waals surface area contributed by atoms with E-state index in [2.05, 4.69) is 39.7 Å². The third-order valence-corrected chi connectivity index (χ3v) is 3.95.